The van der Waals surface area contributed by atoms with Crippen molar-refractivity contribution in [2.24, 2.45) is 5.92 Å². The quantitative estimate of drug-likeness (QED) is 0.795. The Morgan fingerprint density at radius 3 is 2.88 bits per heavy atom. The summed E-state index contributed by atoms with van der Waals surface area (Å²) >= 11 is 3.47. The third kappa shape index (κ3) is 4.29. The number of hydrogen-bond donors (Lipinski definition) is 2. The molecule has 2 aliphatic heterocycles. The smallest absolute Gasteiger partial charge is 0.227 e. The molecule has 2 heterocycles. The maximum atomic E-state index is 12.4. The number of benzene rings is 1. The van der Waals surface area contributed by atoms with E-state index in [-0.39, 0.29) is 36.2 Å². The van der Waals surface area contributed by atoms with Gasteiger partial charge in [-0.25, -0.2) is 0 Å². The largest absolute Gasteiger partial charge is 0.352 e. The molecule has 2 aliphatic rings. The lowest BCUT2D eigenvalue weighted by molar-refractivity contribution is -0.127. The second-order valence-electron chi connectivity index (χ2n) is 6.39. The number of aryl methyl sites for hydroxylation is 1. The molecule has 0 saturated carbocycles. The monoisotopic (exact) mass is 415 g/mol. The Labute approximate surface area is 157 Å². The lowest BCUT2D eigenvalue weighted by Crippen LogP contribution is -2.47. The van der Waals surface area contributed by atoms with E-state index in [2.05, 4.69) is 26.6 Å². The summed E-state index contributed by atoms with van der Waals surface area (Å²) < 4.78 is 1.02. The van der Waals surface area contributed by atoms with Gasteiger partial charge in [-0.05, 0) is 50.1 Å². The van der Waals surface area contributed by atoms with Gasteiger partial charge in [0, 0.05) is 35.7 Å². The number of anilines is 1. The maximum absolute atomic E-state index is 12.4. The minimum absolute atomic E-state index is 0. The summed E-state index contributed by atoms with van der Waals surface area (Å²) in [6, 6.07) is 6.03. The molecule has 2 amide bonds. The molecule has 132 valence electrons. The lowest BCUT2D eigenvalue weighted by Gasteiger charge is -2.25. The standard InChI is InChI=1S/C17H22BrN3O2.ClH/c1-11-7-14(4-5-15(11)18)21-10-12(8-16(21)22)17(23)20-13-3-2-6-19-9-13;/h4-5,7,12-13,19H,2-3,6,8-10H2,1H3,(H,20,23);1H. The van der Waals surface area contributed by atoms with Gasteiger partial charge in [0.1, 0.15) is 0 Å². The summed E-state index contributed by atoms with van der Waals surface area (Å²) in [5.41, 5.74) is 1.95. The molecule has 7 heteroatoms. The van der Waals surface area contributed by atoms with Crippen LogP contribution >= 0.6 is 28.3 Å². The number of amides is 2. The van der Waals surface area contributed by atoms with Crippen molar-refractivity contribution in [3.05, 3.63) is 28.2 Å². The van der Waals surface area contributed by atoms with Crippen molar-refractivity contribution in [1.29, 1.82) is 0 Å². The van der Waals surface area contributed by atoms with E-state index >= 15 is 0 Å². The van der Waals surface area contributed by atoms with Gasteiger partial charge in [0.15, 0.2) is 0 Å². The Bertz CT molecular complexity index is 620. The van der Waals surface area contributed by atoms with E-state index < -0.39 is 0 Å². The minimum Gasteiger partial charge on any atom is -0.352 e. The normalized spacial score (nSPS) is 23.8. The Balaban J connectivity index is 0.00000208. The number of nitrogens with one attached hydrogen (secondary N) is 2. The molecule has 5 nitrogen and oxygen atoms in total. The summed E-state index contributed by atoms with van der Waals surface area (Å²) in [5, 5.41) is 6.38. The zero-order chi connectivity index (χ0) is 16.4. The number of carbonyl (C=O) groups is 2. The summed E-state index contributed by atoms with van der Waals surface area (Å²) in [5.74, 6) is -0.231. The molecule has 2 unspecified atom stereocenters. The molecular formula is C17H23BrClN3O2. The van der Waals surface area contributed by atoms with E-state index in [4.69, 9.17) is 0 Å². The van der Waals surface area contributed by atoms with E-state index in [9.17, 15) is 9.59 Å². The third-order valence-corrected chi connectivity index (χ3v) is 5.48. The van der Waals surface area contributed by atoms with Crippen LogP contribution in [0.1, 0.15) is 24.8 Å². The summed E-state index contributed by atoms with van der Waals surface area (Å²) in [4.78, 5) is 26.5. The van der Waals surface area contributed by atoms with E-state index in [0.29, 0.717) is 13.0 Å². The van der Waals surface area contributed by atoms with Crippen LogP contribution < -0.4 is 15.5 Å². The third-order valence-electron chi connectivity index (χ3n) is 4.59. The van der Waals surface area contributed by atoms with Crippen LogP contribution in [0.5, 0.6) is 0 Å². The van der Waals surface area contributed by atoms with Crippen molar-refractivity contribution in [2.75, 3.05) is 24.5 Å². The number of carbonyl (C=O) groups excluding carboxylic acids is 2. The van der Waals surface area contributed by atoms with E-state index in [1.807, 2.05) is 25.1 Å². The van der Waals surface area contributed by atoms with Crippen molar-refractivity contribution in [2.45, 2.75) is 32.2 Å². The molecule has 3 rings (SSSR count). The van der Waals surface area contributed by atoms with Gasteiger partial charge < -0.3 is 15.5 Å². The molecule has 2 saturated heterocycles. The molecule has 0 aliphatic carbocycles. The molecule has 2 N–H and O–H groups in total. The average Bonchev–Trinajstić information content (AvgIpc) is 2.93. The second kappa shape index (κ2) is 8.32. The van der Waals surface area contributed by atoms with Crippen LogP contribution in [-0.4, -0.2) is 37.5 Å². The van der Waals surface area contributed by atoms with Gasteiger partial charge in [0.05, 0.1) is 5.92 Å². The molecule has 0 spiro atoms. The number of nitrogens with zero attached hydrogens (tertiary/aromatic N) is 1. The molecular weight excluding hydrogens is 394 g/mol. The van der Waals surface area contributed by atoms with Crippen LogP contribution in [0.4, 0.5) is 5.69 Å². The number of piperidine rings is 1. The van der Waals surface area contributed by atoms with E-state index in [0.717, 1.165) is 41.7 Å². The lowest BCUT2D eigenvalue weighted by atomic mass is 10.0. The number of halogens is 2. The van der Waals surface area contributed by atoms with Crippen LogP contribution in [0, 0.1) is 12.8 Å². The van der Waals surface area contributed by atoms with Crippen LogP contribution in [0.2, 0.25) is 0 Å². The van der Waals surface area contributed by atoms with Crippen LogP contribution in [0.3, 0.4) is 0 Å². The van der Waals surface area contributed by atoms with Gasteiger partial charge in [-0.3, -0.25) is 9.59 Å². The van der Waals surface area contributed by atoms with Gasteiger partial charge in [0.2, 0.25) is 11.8 Å². The number of rotatable bonds is 3. The SMILES string of the molecule is Cc1cc(N2CC(C(=O)NC3CCCNC3)CC2=O)ccc1Br.Cl. The molecule has 0 aromatic heterocycles. The van der Waals surface area contributed by atoms with E-state index in [1.165, 1.54) is 0 Å². The van der Waals surface area contributed by atoms with E-state index in [1.54, 1.807) is 4.90 Å². The van der Waals surface area contributed by atoms with Crippen molar-refractivity contribution >= 4 is 45.8 Å². The van der Waals surface area contributed by atoms with Crippen molar-refractivity contribution in [1.82, 2.24) is 10.6 Å². The highest BCUT2D eigenvalue weighted by molar-refractivity contribution is 9.10. The maximum Gasteiger partial charge on any atom is 0.227 e. The minimum atomic E-state index is -0.256. The first-order valence-electron chi connectivity index (χ1n) is 8.12. The fourth-order valence-corrected chi connectivity index (χ4v) is 3.47. The topological polar surface area (TPSA) is 61.4 Å². The van der Waals surface area contributed by atoms with Crippen LogP contribution in [0.15, 0.2) is 22.7 Å². The zero-order valence-electron chi connectivity index (χ0n) is 13.7. The molecule has 24 heavy (non-hydrogen) atoms. The van der Waals surface area contributed by atoms with Crippen LogP contribution in [-0.2, 0) is 9.59 Å². The molecule has 2 atom stereocenters. The fraction of sp³-hybridized carbons (Fsp3) is 0.529. The first-order valence-corrected chi connectivity index (χ1v) is 8.91. The first-order chi connectivity index (χ1) is 11.0. The molecule has 0 bridgehead atoms. The van der Waals surface area contributed by atoms with Crippen LogP contribution in [0.25, 0.3) is 0 Å². The molecule has 1 aromatic rings. The molecule has 0 radical (unpaired) electrons. The summed E-state index contributed by atoms with van der Waals surface area (Å²) in [6.07, 6.45) is 2.38. The second-order valence-corrected chi connectivity index (χ2v) is 7.25. The van der Waals surface area contributed by atoms with Gasteiger partial charge in [-0.1, -0.05) is 15.9 Å². The van der Waals surface area contributed by atoms with Gasteiger partial charge >= 0.3 is 0 Å². The Kier molecular flexibility index (Phi) is 6.66. The van der Waals surface area contributed by atoms with Crippen molar-refractivity contribution < 1.29 is 9.59 Å². The first kappa shape index (κ1) is 19.2. The average molecular weight is 417 g/mol. The Morgan fingerprint density at radius 1 is 1.42 bits per heavy atom. The highest BCUT2D eigenvalue weighted by atomic mass is 79.9. The van der Waals surface area contributed by atoms with Crippen molar-refractivity contribution in [3.63, 3.8) is 0 Å². The number of hydrogen-bond acceptors (Lipinski definition) is 3. The van der Waals surface area contributed by atoms with Crippen molar-refractivity contribution in [3.8, 4) is 0 Å². The van der Waals surface area contributed by atoms with Gasteiger partial charge in [0.25, 0.3) is 0 Å². The predicted octanol–water partition coefficient (Wildman–Crippen LogP) is 2.40. The summed E-state index contributed by atoms with van der Waals surface area (Å²) in [7, 11) is 0. The zero-order valence-corrected chi connectivity index (χ0v) is 16.1. The summed E-state index contributed by atoms with van der Waals surface area (Å²) in [6.45, 7) is 4.30. The predicted molar refractivity (Wildman–Crippen MR) is 101 cm³/mol. The van der Waals surface area contributed by atoms with Gasteiger partial charge in [-0.15, -0.1) is 12.4 Å². The van der Waals surface area contributed by atoms with Gasteiger partial charge in [-0.2, -0.15) is 0 Å². The fourth-order valence-electron chi connectivity index (χ4n) is 3.22. The highest BCUT2D eigenvalue weighted by Crippen LogP contribution is 2.28. The highest BCUT2D eigenvalue weighted by Gasteiger charge is 2.36. The Morgan fingerprint density at radius 2 is 2.21 bits per heavy atom. The molecule has 2 fully saturated rings. The molecule has 1 aromatic carbocycles. The Hall–Kier alpha value is -1.11.